The highest BCUT2D eigenvalue weighted by Gasteiger charge is 2.29. The molecule has 0 fully saturated rings. The molecule has 0 saturated carbocycles. The van der Waals surface area contributed by atoms with Crippen molar-refractivity contribution in [1.82, 2.24) is 5.32 Å². The number of nitrogens with one attached hydrogen (secondary N) is 1. The smallest absolute Gasteiger partial charge is 0.243 e. The van der Waals surface area contributed by atoms with Crippen LogP contribution in [0.15, 0.2) is 42.5 Å². The summed E-state index contributed by atoms with van der Waals surface area (Å²) in [4.78, 5) is 12.5. The van der Waals surface area contributed by atoms with Crippen LogP contribution in [0.2, 0.25) is 10.0 Å². The molecule has 2 aromatic carbocycles. The number of hydrogen-bond donors (Lipinski definition) is 1. The molecular weight excluding hydrogens is 395 g/mol. The number of hydrogen-bond acceptors (Lipinski definition) is 3. The summed E-state index contributed by atoms with van der Waals surface area (Å²) < 4.78 is 25.6. The number of benzene rings is 2. The zero-order chi connectivity index (χ0) is 19.5. The molecule has 0 unspecified atom stereocenters. The first-order chi connectivity index (χ1) is 12.1. The standard InChI is InChI=1S/C18H20Cl2N2O3S/c1-12-5-4-6-14(7-12)11-21-18(23)13(2)22(26(3,24)25)17-9-15(19)8-16(20)10-17/h4-10,13H,11H2,1-3H3,(H,21,23)/t13-/m1/s1. The normalized spacial score (nSPS) is 12.5. The van der Waals surface area contributed by atoms with Gasteiger partial charge in [0, 0.05) is 16.6 Å². The molecule has 2 aromatic rings. The molecular formula is C18H20Cl2N2O3S. The second-order valence-electron chi connectivity index (χ2n) is 6.07. The lowest BCUT2D eigenvalue weighted by Crippen LogP contribution is -2.47. The van der Waals surface area contributed by atoms with E-state index in [2.05, 4.69) is 5.32 Å². The van der Waals surface area contributed by atoms with Crippen molar-refractivity contribution in [2.24, 2.45) is 0 Å². The molecule has 2 rings (SSSR count). The molecule has 26 heavy (non-hydrogen) atoms. The number of halogens is 2. The summed E-state index contributed by atoms with van der Waals surface area (Å²) in [6.45, 7) is 3.78. The van der Waals surface area contributed by atoms with E-state index in [4.69, 9.17) is 23.2 Å². The molecule has 0 heterocycles. The molecule has 0 radical (unpaired) electrons. The van der Waals surface area contributed by atoms with Gasteiger partial charge in [-0.2, -0.15) is 0 Å². The van der Waals surface area contributed by atoms with Crippen LogP contribution in [0.25, 0.3) is 0 Å². The largest absolute Gasteiger partial charge is 0.350 e. The lowest BCUT2D eigenvalue weighted by Gasteiger charge is -2.28. The Morgan fingerprint density at radius 1 is 1.15 bits per heavy atom. The number of aryl methyl sites for hydroxylation is 1. The van der Waals surface area contributed by atoms with E-state index >= 15 is 0 Å². The van der Waals surface area contributed by atoms with E-state index in [9.17, 15) is 13.2 Å². The average Bonchev–Trinajstić information content (AvgIpc) is 2.50. The Labute approximate surface area is 164 Å². The quantitative estimate of drug-likeness (QED) is 0.781. The summed E-state index contributed by atoms with van der Waals surface area (Å²) in [6.07, 6.45) is 1.03. The molecule has 0 spiro atoms. The highest BCUT2D eigenvalue weighted by Crippen LogP contribution is 2.28. The third-order valence-electron chi connectivity index (χ3n) is 3.74. The minimum absolute atomic E-state index is 0.239. The van der Waals surface area contributed by atoms with Crippen LogP contribution < -0.4 is 9.62 Å². The van der Waals surface area contributed by atoms with Gasteiger partial charge in [-0.05, 0) is 37.6 Å². The van der Waals surface area contributed by atoms with Crippen LogP contribution in [-0.4, -0.2) is 26.6 Å². The molecule has 1 N–H and O–H groups in total. The van der Waals surface area contributed by atoms with Gasteiger partial charge in [-0.3, -0.25) is 9.10 Å². The fraction of sp³-hybridized carbons (Fsp3) is 0.278. The topological polar surface area (TPSA) is 66.5 Å². The molecule has 140 valence electrons. The molecule has 1 amide bonds. The summed E-state index contributed by atoms with van der Waals surface area (Å²) in [5.74, 6) is -0.423. The van der Waals surface area contributed by atoms with Crippen molar-refractivity contribution in [1.29, 1.82) is 0 Å². The third kappa shape index (κ3) is 5.37. The van der Waals surface area contributed by atoms with Gasteiger partial charge in [0.1, 0.15) is 6.04 Å². The first-order valence-electron chi connectivity index (χ1n) is 7.86. The van der Waals surface area contributed by atoms with Crippen LogP contribution in [0.5, 0.6) is 0 Å². The lowest BCUT2D eigenvalue weighted by molar-refractivity contribution is -0.122. The maximum absolute atomic E-state index is 12.5. The second kappa shape index (κ2) is 8.29. The van der Waals surface area contributed by atoms with Crippen LogP contribution in [0, 0.1) is 6.92 Å². The third-order valence-corrected chi connectivity index (χ3v) is 5.42. The fourth-order valence-electron chi connectivity index (χ4n) is 2.63. The van der Waals surface area contributed by atoms with Crippen molar-refractivity contribution in [3.63, 3.8) is 0 Å². The van der Waals surface area contributed by atoms with Crippen LogP contribution in [0.3, 0.4) is 0 Å². The number of carbonyl (C=O) groups is 1. The van der Waals surface area contributed by atoms with E-state index in [1.54, 1.807) is 0 Å². The van der Waals surface area contributed by atoms with Gasteiger partial charge in [0.15, 0.2) is 0 Å². The SMILES string of the molecule is Cc1cccc(CNC(=O)[C@@H](C)N(c2cc(Cl)cc(Cl)c2)S(C)(=O)=O)c1. The van der Waals surface area contributed by atoms with Crippen molar-refractivity contribution in [2.45, 2.75) is 26.4 Å². The van der Waals surface area contributed by atoms with E-state index in [1.165, 1.54) is 25.1 Å². The summed E-state index contributed by atoms with van der Waals surface area (Å²) in [6, 6.07) is 11.1. The van der Waals surface area contributed by atoms with Crippen LogP contribution in [0.4, 0.5) is 5.69 Å². The molecule has 0 aliphatic rings. The monoisotopic (exact) mass is 414 g/mol. The number of anilines is 1. The van der Waals surface area contributed by atoms with Gasteiger partial charge in [-0.15, -0.1) is 0 Å². The minimum Gasteiger partial charge on any atom is -0.350 e. The first kappa shape index (κ1) is 20.6. The first-order valence-corrected chi connectivity index (χ1v) is 10.5. The van der Waals surface area contributed by atoms with Gasteiger partial charge in [-0.25, -0.2) is 8.42 Å². The Morgan fingerprint density at radius 2 is 1.77 bits per heavy atom. The molecule has 8 heteroatoms. The number of rotatable bonds is 6. The maximum atomic E-state index is 12.5. The minimum atomic E-state index is -3.73. The van der Waals surface area contributed by atoms with Crippen molar-refractivity contribution in [3.05, 3.63) is 63.6 Å². The molecule has 0 aromatic heterocycles. The Balaban J connectivity index is 2.23. The predicted octanol–water partition coefficient (Wildman–Crippen LogP) is 3.77. The molecule has 5 nitrogen and oxygen atoms in total. The summed E-state index contributed by atoms with van der Waals surface area (Å²) in [5.41, 5.74) is 2.25. The van der Waals surface area contributed by atoms with E-state index in [1.807, 2.05) is 31.2 Å². The molecule has 0 aliphatic heterocycles. The van der Waals surface area contributed by atoms with Crippen LogP contribution >= 0.6 is 23.2 Å². The van der Waals surface area contributed by atoms with E-state index in [0.717, 1.165) is 21.7 Å². The Morgan fingerprint density at radius 3 is 2.31 bits per heavy atom. The second-order valence-corrected chi connectivity index (χ2v) is 8.80. The highest BCUT2D eigenvalue weighted by atomic mass is 35.5. The highest BCUT2D eigenvalue weighted by molar-refractivity contribution is 7.92. The van der Waals surface area contributed by atoms with Crippen molar-refractivity contribution >= 4 is 44.8 Å². The average molecular weight is 415 g/mol. The number of amides is 1. The summed E-state index contributed by atoms with van der Waals surface area (Å²) in [5, 5.41) is 3.34. The fourth-order valence-corrected chi connectivity index (χ4v) is 4.31. The van der Waals surface area contributed by atoms with E-state index in [-0.39, 0.29) is 15.7 Å². The van der Waals surface area contributed by atoms with Crippen molar-refractivity contribution in [3.8, 4) is 0 Å². The lowest BCUT2D eigenvalue weighted by atomic mass is 10.1. The number of carbonyl (C=O) groups excluding carboxylic acids is 1. The molecule has 0 bridgehead atoms. The van der Waals surface area contributed by atoms with Crippen molar-refractivity contribution in [2.75, 3.05) is 10.6 Å². The van der Waals surface area contributed by atoms with E-state index in [0.29, 0.717) is 6.54 Å². The van der Waals surface area contributed by atoms with Gasteiger partial charge in [-0.1, -0.05) is 53.0 Å². The van der Waals surface area contributed by atoms with Gasteiger partial charge < -0.3 is 5.32 Å². The Bertz CT molecular complexity index is 896. The maximum Gasteiger partial charge on any atom is 0.243 e. The number of sulfonamides is 1. The van der Waals surface area contributed by atoms with Gasteiger partial charge in [0.05, 0.1) is 11.9 Å². The zero-order valence-corrected chi connectivity index (χ0v) is 17.0. The van der Waals surface area contributed by atoms with Gasteiger partial charge in [0.25, 0.3) is 0 Å². The summed E-state index contributed by atoms with van der Waals surface area (Å²) >= 11 is 12.0. The molecule has 1 atom stereocenters. The Kier molecular flexibility index (Phi) is 6.55. The number of nitrogens with zero attached hydrogens (tertiary/aromatic N) is 1. The Hall–Kier alpha value is -1.76. The predicted molar refractivity (Wildman–Crippen MR) is 106 cm³/mol. The van der Waals surface area contributed by atoms with Crippen LogP contribution in [0.1, 0.15) is 18.1 Å². The van der Waals surface area contributed by atoms with Crippen LogP contribution in [-0.2, 0) is 21.4 Å². The van der Waals surface area contributed by atoms with Crippen molar-refractivity contribution < 1.29 is 13.2 Å². The molecule has 0 aliphatic carbocycles. The zero-order valence-electron chi connectivity index (χ0n) is 14.7. The van der Waals surface area contributed by atoms with Gasteiger partial charge >= 0.3 is 0 Å². The van der Waals surface area contributed by atoms with E-state index < -0.39 is 22.0 Å². The summed E-state index contributed by atoms with van der Waals surface area (Å²) in [7, 11) is -3.73. The van der Waals surface area contributed by atoms with Gasteiger partial charge in [0.2, 0.25) is 15.9 Å². The molecule has 0 saturated heterocycles.